The van der Waals surface area contributed by atoms with Crippen LogP contribution in [0.4, 0.5) is 0 Å². The summed E-state index contributed by atoms with van der Waals surface area (Å²) in [5.74, 6) is 1.42. The summed E-state index contributed by atoms with van der Waals surface area (Å²) < 4.78 is 5.85. The topological polar surface area (TPSA) is 35.0 Å². The van der Waals surface area contributed by atoms with Gasteiger partial charge in [0.1, 0.15) is 5.52 Å². The maximum absolute atomic E-state index is 6.00. The summed E-state index contributed by atoms with van der Waals surface area (Å²) in [7, 11) is 0. The fourth-order valence-electron chi connectivity index (χ4n) is 2.03. The van der Waals surface area contributed by atoms with Gasteiger partial charge in [0.2, 0.25) is 5.88 Å². The third-order valence-corrected chi connectivity index (χ3v) is 3.72. The number of para-hydroxylation sites is 1. The molecule has 1 aromatic carbocycles. The molecule has 0 unspecified atom stereocenters. The van der Waals surface area contributed by atoms with Crippen molar-refractivity contribution in [3.8, 4) is 11.6 Å². The predicted octanol–water partition coefficient (Wildman–Crippen LogP) is 5.12. The summed E-state index contributed by atoms with van der Waals surface area (Å²) in [6.07, 6.45) is 1.54. The van der Waals surface area contributed by atoms with Crippen LogP contribution in [0.3, 0.4) is 0 Å². The molecule has 0 saturated carbocycles. The number of halogens is 2. The van der Waals surface area contributed by atoms with Gasteiger partial charge in [-0.25, -0.2) is 9.97 Å². The largest absolute Gasteiger partial charge is 0.437 e. The summed E-state index contributed by atoms with van der Waals surface area (Å²) in [6.45, 7) is 1.95. The molecule has 0 radical (unpaired) electrons. The average molecular weight is 319 g/mol. The van der Waals surface area contributed by atoms with E-state index in [0.717, 1.165) is 22.2 Å². The molecular weight excluding hydrogens is 307 g/mol. The Hall–Kier alpha value is -1.84. The Balaban J connectivity index is 2.03. The summed E-state index contributed by atoms with van der Waals surface area (Å²) in [5.41, 5.74) is 2.53. The molecule has 3 rings (SSSR count). The van der Waals surface area contributed by atoms with Crippen molar-refractivity contribution in [2.45, 2.75) is 12.8 Å². The molecule has 2 heterocycles. The van der Waals surface area contributed by atoms with E-state index in [1.807, 2.05) is 37.3 Å². The number of aryl methyl sites for hydroxylation is 1. The standard InChI is InChI=1S/C16H12Cl2N2O/c1-10-5-6-11-3-2-4-14(16(11)20-10)21-15-7-12(8-17)13(18)9-19-15/h2-7,9H,8H2,1H3. The van der Waals surface area contributed by atoms with E-state index in [0.29, 0.717) is 22.5 Å². The molecule has 0 aliphatic heterocycles. The van der Waals surface area contributed by atoms with Crippen LogP contribution in [0.2, 0.25) is 5.02 Å². The van der Waals surface area contributed by atoms with Gasteiger partial charge in [-0.3, -0.25) is 0 Å². The smallest absolute Gasteiger partial charge is 0.219 e. The molecule has 0 aliphatic carbocycles. The maximum atomic E-state index is 6.00. The fraction of sp³-hybridized carbons (Fsp3) is 0.125. The van der Waals surface area contributed by atoms with Crippen LogP contribution in [0, 0.1) is 6.92 Å². The predicted molar refractivity (Wildman–Crippen MR) is 85.4 cm³/mol. The minimum Gasteiger partial charge on any atom is -0.437 e. The molecule has 5 heteroatoms. The lowest BCUT2D eigenvalue weighted by atomic mass is 10.2. The normalized spacial score (nSPS) is 10.8. The molecule has 0 N–H and O–H groups in total. The van der Waals surface area contributed by atoms with Crippen molar-refractivity contribution in [3.05, 3.63) is 58.9 Å². The summed E-state index contributed by atoms with van der Waals surface area (Å²) in [5, 5.41) is 1.55. The first-order valence-corrected chi connectivity index (χ1v) is 7.33. The van der Waals surface area contributed by atoms with Gasteiger partial charge in [-0.05, 0) is 24.6 Å². The van der Waals surface area contributed by atoms with Crippen LogP contribution in [0.15, 0.2) is 42.6 Å². The van der Waals surface area contributed by atoms with Crippen LogP contribution in [0.1, 0.15) is 11.3 Å². The van der Waals surface area contributed by atoms with Crippen LogP contribution < -0.4 is 4.74 Å². The van der Waals surface area contributed by atoms with Crippen LogP contribution in [0.25, 0.3) is 10.9 Å². The van der Waals surface area contributed by atoms with Gasteiger partial charge in [0.25, 0.3) is 0 Å². The third-order valence-electron chi connectivity index (χ3n) is 3.09. The van der Waals surface area contributed by atoms with E-state index < -0.39 is 0 Å². The Kier molecular flexibility index (Phi) is 3.95. The quantitative estimate of drug-likeness (QED) is 0.628. The molecule has 106 valence electrons. The second-order valence-corrected chi connectivity index (χ2v) is 5.30. The second kappa shape index (κ2) is 5.88. The molecule has 0 fully saturated rings. The number of benzene rings is 1. The molecule has 0 amide bonds. The van der Waals surface area contributed by atoms with Crippen LogP contribution in [0.5, 0.6) is 11.6 Å². The Morgan fingerprint density at radius 2 is 2.05 bits per heavy atom. The highest BCUT2D eigenvalue weighted by atomic mass is 35.5. The minimum atomic E-state index is 0.310. The molecule has 3 aromatic rings. The summed E-state index contributed by atoms with van der Waals surface area (Å²) in [4.78, 5) is 8.70. The van der Waals surface area contributed by atoms with Crippen molar-refractivity contribution in [1.82, 2.24) is 9.97 Å². The fourth-order valence-corrected chi connectivity index (χ4v) is 2.49. The van der Waals surface area contributed by atoms with E-state index in [2.05, 4.69) is 9.97 Å². The monoisotopic (exact) mass is 318 g/mol. The zero-order chi connectivity index (χ0) is 14.8. The van der Waals surface area contributed by atoms with Crippen molar-refractivity contribution in [3.63, 3.8) is 0 Å². The van der Waals surface area contributed by atoms with Crippen molar-refractivity contribution in [2.75, 3.05) is 0 Å². The van der Waals surface area contributed by atoms with Crippen molar-refractivity contribution in [2.24, 2.45) is 0 Å². The second-order valence-electron chi connectivity index (χ2n) is 4.63. The van der Waals surface area contributed by atoms with Gasteiger partial charge in [-0.1, -0.05) is 29.8 Å². The molecule has 0 aliphatic rings. The van der Waals surface area contributed by atoms with E-state index in [1.54, 1.807) is 12.3 Å². The molecule has 0 saturated heterocycles. The first kappa shape index (κ1) is 14.1. The Morgan fingerprint density at radius 1 is 1.19 bits per heavy atom. The molecule has 0 spiro atoms. The van der Waals surface area contributed by atoms with Gasteiger partial charge >= 0.3 is 0 Å². The van der Waals surface area contributed by atoms with Crippen molar-refractivity contribution in [1.29, 1.82) is 0 Å². The molecular formula is C16H12Cl2N2O. The van der Waals surface area contributed by atoms with Gasteiger partial charge in [0.15, 0.2) is 5.75 Å². The Bertz CT molecular complexity index is 805. The van der Waals surface area contributed by atoms with Gasteiger partial charge < -0.3 is 4.74 Å². The van der Waals surface area contributed by atoms with Gasteiger partial charge in [-0.2, -0.15) is 0 Å². The highest BCUT2D eigenvalue weighted by molar-refractivity contribution is 6.32. The first-order valence-electron chi connectivity index (χ1n) is 6.42. The summed E-state index contributed by atoms with van der Waals surface area (Å²) in [6, 6.07) is 11.5. The number of hydrogen-bond acceptors (Lipinski definition) is 3. The van der Waals surface area contributed by atoms with E-state index in [4.69, 9.17) is 27.9 Å². The molecule has 21 heavy (non-hydrogen) atoms. The maximum Gasteiger partial charge on any atom is 0.219 e. The van der Waals surface area contributed by atoms with Crippen LogP contribution >= 0.6 is 23.2 Å². The van der Waals surface area contributed by atoms with E-state index in [-0.39, 0.29) is 0 Å². The first-order chi connectivity index (χ1) is 10.2. The zero-order valence-electron chi connectivity index (χ0n) is 11.3. The molecule has 3 nitrogen and oxygen atoms in total. The van der Waals surface area contributed by atoms with Gasteiger partial charge in [-0.15, -0.1) is 11.6 Å². The lowest BCUT2D eigenvalue weighted by Crippen LogP contribution is -1.93. The van der Waals surface area contributed by atoms with E-state index in [1.165, 1.54) is 0 Å². The number of fused-ring (bicyclic) bond motifs is 1. The molecule has 0 bridgehead atoms. The van der Waals surface area contributed by atoms with Crippen molar-refractivity contribution < 1.29 is 4.74 Å². The lowest BCUT2D eigenvalue weighted by Gasteiger charge is -2.09. The number of hydrogen-bond donors (Lipinski definition) is 0. The van der Waals surface area contributed by atoms with Gasteiger partial charge in [0.05, 0.1) is 5.02 Å². The third kappa shape index (κ3) is 2.94. The van der Waals surface area contributed by atoms with E-state index in [9.17, 15) is 0 Å². The van der Waals surface area contributed by atoms with Crippen molar-refractivity contribution >= 4 is 34.1 Å². The number of nitrogens with zero attached hydrogens (tertiary/aromatic N) is 2. The summed E-state index contributed by atoms with van der Waals surface area (Å²) >= 11 is 11.8. The highest BCUT2D eigenvalue weighted by Gasteiger charge is 2.08. The number of aromatic nitrogens is 2. The lowest BCUT2D eigenvalue weighted by molar-refractivity contribution is 0.466. The SMILES string of the molecule is Cc1ccc2cccc(Oc3cc(CCl)c(Cl)cn3)c2n1. The Morgan fingerprint density at radius 3 is 2.86 bits per heavy atom. The number of alkyl halides is 1. The minimum absolute atomic E-state index is 0.310. The van der Waals surface area contributed by atoms with Crippen LogP contribution in [-0.4, -0.2) is 9.97 Å². The Labute approximate surface area is 132 Å². The number of ether oxygens (including phenoxy) is 1. The number of rotatable bonds is 3. The van der Waals surface area contributed by atoms with E-state index >= 15 is 0 Å². The zero-order valence-corrected chi connectivity index (χ0v) is 12.8. The van der Waals surface area contributed by atoms with Crippen LogP contribution in [-0.2, 0) is 5.88 Å². The number of pyridine rings is 2. The highest BCUT2D eigenvalue weighted by Crippen LogP contribution is 2.29. The average Bonchev–Trinajstić information content (AvgIpc) is 2.50. The molecule has 2 aromatic heterocycles. The molecule has 0 atom stereocenters. The van der Waals surface area contributed by atoms with Gasteiger partial charge in [0, 0.05) is 29.2 Å².